The zero-order valence-electron chi connectivity index (χ0n) is 13.0. The standard InChI is InChI=1S/C19H23O3/c1-3-10-17(20)11-8-6-4-5-7-9-12-18(21)22-16-15-19(2)13-14-19/h1,4,6,8,11,16-17,20H,9-10,12-15H2,2H3/q+1/b6-4+,11-8+. The summed E-state index contributed by atoms with van der Waals surface area (Å²) in [5.41, 5.74) is 0.367. The van der Waals surface area contributed by atoms with Crippen molar-refractivity contribution in [2.75, 3.05) is 0 Å². The van der Waals surface area contributed by atoms with Gasteiger partial charge in [-0.15, -0.1) is 12.3 Å². The highest BCUT2D eigenvalue weighted by atomic mass is 16.4. The van der Waals surface area contributed by atoms with Crippen LogP contribution >= 0.6 is 0 Å². The predicted octanol–water partition coefficient (Wildman–Crippen LogP) is 2.72. The van der Waals surface area contributed by atoms with Crippen LogP contribution in [-0.2, 0) is 9.22 Å². The van der Waals surface area contributed by atoms with Gasteiger partial charge in [-0.3, -0.25) is 4.42 Å². The summed E-state index contributed by atoms with van der Waals surface area (Å²) in [6.45, 7) is 2.19. The fourth-order valence-electron chi connectivity index (χ4n) is 1.59. The van der Waals surface area contributed by atoms with Gasteiger partial charge in [-0.05, 0) is 24.3 Å². The SMILES string of the molecule is C#CCC(O)/C=C/C=C/C#CCCC(=O)[O+]=CCC1(C)CC1. The number of aliphatic hydroxyl groups excluding tert-OH is 1. The van der Waals surface area contributed by atoms with Gasteiger partial charge in [-0.25, -0.2) is 0 Å². The van der Waals surface area contributed by atoms with Gasteiger partial charge in [0.05, 0.1) is 6.10 Å². The van der Waals surface area contributed by atoms with Crippen molar-refractivity contribution in [1.29, 1.82) is 0 Å². The molecule has 1 N–H and O–H groups in total. The van der Waals surface area contributed by atoms with Crippen LogP contribution in [0.5, 0.6) is 0 Å². The molecule has 0 heterocycles. The van der Waals surface area contributed by atoms with E-state index in [0.717, 1.165) is 6.42 Å². The van der Waals surface area contributed by atoms with Gasteiger partial charge in [0, 0.05) is 24.1 Å². The Labute approximate surface area is 132 Å². The van der Waals surface area contributed by atoms with Gasteiger partial charge in [-0.2, -0.15) is 0 Å². The van der Waals surface area contributed by atoms with Crippen LogP contribution < -0.4 is 0 Å². The van der Waals surface area contributed by atoms with Crippen LogP contribution in [-0.4, -0.2) is 23.5 Å². The first kappa shape index (κ1) is 18.0. The molecular weight excluding hydrogens is 276 g/mol. The van der Waals surface area contributed by atoms with Crippen molar-refractivity contribution >= 4 is 12.3 Å². The van der Waals surface area contributed by atoms with Crippen molar-refractivity contribution in [3.63, 3.8) is 0 Å². The second-order valence-electron chi connectivity index (χ2n) is 5.71. The van der Waals surface area contributed by atoms with Gasteiger partial charge >= 0.3 is 5.97 Å². The molecule has 3 heteroatoms. The lowest BCUT2D eigenvalue weighted by molar-refractivity contribution is -0.374. The Hall–Kier alpha value is -2.10. The lowest BCUT2D eigenvalue weighted by atomic mass is 10.1. The van der Waals surface area contributed by atoms with E-state index in [2.05, 4.69) is 24.7 Å². The van der Waals surface area contributed by atoms with Crippen molar-refractivity contribution in [3.8, 4) is 24.2 Å². The van der Waals surface area contributed by atoms with Crippen molar-refractivity contribution in [2.24, 2.45) is 5.41 Å². The van der Waals surface area contributed by atoms with E-state index < -0.39 is 6.10 Å². The number of allylic oxidation sites excluding steroid dienone is 3. The number of hydrogen-bond acceptors (Lipinski definition) is 2. The summed E-state index contributed by atoms with van der Waals surface area (Å²) >= 11 is 0. The molecule has 0 saturated heterocycles. The van der Waals surface area contributed by atoms with Crippen molar-refractivity contribution in [3.05, 3.63) is 24.3 Å². The molecule has 0 radical (unpaired) electrons. The minimum atomic E-state index is -0.619. The highest BCUT2D eigenvalue weighted by Gasteiger charge is 2.37. The molecule has 1 saturated carbocycles. The monoisotopic (exact) mass is 299 g/mol. The predicted molar refractivity (Wildman–Crippen MR) is 87.8 cm³/mol. The van der Waals surface area contributed by atoms with Gasteiger partial charge in [0.1, 0.15) is 6.42 Å². The fourth-order valence-corrected chi connectivity index (χ4v) is 1.59. The normalized spacial score (nSPS) is 17.3. The summed E-state index contributed by atoms with van der Waals surface area (Å²) < 4.78 is 5.05. The van der Waals surface area contributed by atoms with Crippen LogP contribution in [0.15, 0.2) is 24.3 Å². The van der Waals surface area contributed by atoms with Gasteiger partial charge < -0.3 is 5.11 Å². The largest absolute Gasteiger partial charge is 0.580 e. The van der Waals surface area contributed by atoms with Crippen LogP contribution in [0, 0.1) is 29.6 Å². The highest BCUT2D eigenvalue weighted by molar-refractivity contribution is 5.70. The zero-order valence-corrected chi connectivity index (χ0v) is 13.0. The summed E-state index contributed by atoms with van der Waals surface area (Å²) in [6.07, 6.45) is 17.1. The Morgan fingerprint density at radius 1 is 1.45 bits per heavy atom. The first-order chi connectivity index (χ1) is 10.6. The van der Waals surface area contributed by atoms with Crippen LogP contribution in [0.2, 0.25) is 0 Å². The third-order valence-corrected chi connectivity index (χ3v) is 3.40. The molecule has 3 nitrogen and oxygen atoms in total. The number of aliphatic hydroxyl groups is 1. The maximum atomic E-state index is 11.4. The number of hydrogen-bond donors (Lipinski definition) is 1. The van der Waals surface area contributed by atoms with E-state index in [1.165, 1.54) is 12.8 Å². The van der Waals surface area contributed by atoms with E-state index in [0.29, 0.717) is 24.7 Å². The molecule has 1 aliphatic carbocycles. The van der Waals surface area contributed by atoms with Gasteiger partial charge in [-0.1, -0.05) is 37.0 Å². The molecule has 0 aromatic rings. The molecule has 1 atom stereocenters. The highest BCUT2D eigenvalue weighted by Crippen LogP contribution is 2.47. The lowest BCUT2D eigenvalue weighted by Crippen LogP contribution is -2.01. The molecule has 1 aliphatic rings. The summed E-state index contributed by atoms with van der Waals surface area (Å²) in [5, 5.41) is 9.32. The maximum absolute atomic E-state index is 11.4. The quantitative estimate of drug-likeness (QED) is 0.340. The molecular formula is C19H23O3+. The summed E-state index contributed by atoms with van der Waals surface area (Å²) in [7, 11) is 0. The van der Waals surface area contributed by atoms with Crippen LogP contribution in [0.1, 0.15) is 45.4 Å². The Kier molecular flexibility index (Phi) is 7.97. The molecule has 0 spiro atoms. The van der Waals surface area contributed by atoms with Crippen molar-refractivity contribution in [1.82, 2.24) is 0 Å². The Balaban J connectivity index is 2.13. The summed E-state index contributed by atoms with van der Waals surface area (Å²) in [4.78, 5) is 11.4. The van der Waals surface area contributed by atoms with Crippen LogP contribution in [0.4, 0.5) is 0 Å². The summed E-state index contributed by atoms with van der Waals surface area (Å²) in [6, 6.07) is 0. The molecule has 0 bridgehead atoms. The smallest absolute Gasteiger partial charge is 0.388 e. The van der Waals surface area contributed by atoms with Crippen LogP contribution in [0.3, 0.4) is 0 Å². The summed E-state index contributed by atoms with van der Waals surface area (Å²) in [5.74, 6) is 7.82. The molecule has 0 amide bonds. The number of carbonyl (C=O) groups excluding carboxylic acids is 2. The molecule has 1 rings (SSSR count). The third-order valence-electron chi connectivity index (χ3n) is 3.40. The molecule has 0 aliphatic heterocycles. The molecule has 0 aromatic heterocycles. The minimum absolute atomic E-state index is 0.236. The maximum Gasteiger partial charge on any atom is 0.580 e. The Bertz CT molecular complexity index is 545. The topological polar surface area (TPSA) is 48.6 Å². The Morgan fingerprint density at radius 2 is 2.23 bits per heavy atom. The molecule has 0 aromatic carbocycles. The van der Waals surface area contributed by atoms with E-state index in [1.807, 2.05) is 0 Å². The van der Waals surface area contributed by atoms with E-state index in [4.69, 9.17) is 10.8 Å². The Morgan fingerprint density at radius 3 is 2.91 bits per heavy atom. The molecule has 22 heavy (non-hydrogen) atoms. The first-order valence-corrected chi connectivity index (χ1v) is 7.50. The second kappa shape index (κ2) is 9.77. The number of carbonyl (C=O) groups is 1. The van der Waals surface area contributed by atoms with Crippen molar-refractivity contribution < 1.29 is 14.3 Å². The zero-order chi connectivity index (χ0) is 16.3. The first-order valence-electron chi connectivity index (χ1n) is 7.50. The molecule has 1 unspecified atom stereocenters. The van der Waals surface area contributed by atoms with Gasteiger partial charge in [0.15, 0.2) is 6.29 Å². The van der Waals surface area contributed by atoms with Crippen LogP contribution in [0.25, 0.3) is 0 Å². The van der Waals surface area contributed by atoms with Gasteiger partial charge in [0.25, 0.3) is 0 Å². The van der Waals surface area contributed by atoms with E-state index >= 15 is 0 Å². The van der Waals surface area contributed by atoms with Crippen molar-refractivity contribution in [2.45, 2.75) is 51.6 Å². The third kappa shape index (κ3) is 8.95. The lowest BCUT2D eigenvalue weighted by Gasteiger charge is -1.96. The van der Waals surface area contributed by atoms with Gasteiger partial charge in [0.2, 0.25) is 0 Å². The average molecular weight is 299 g/mol. The number of rotatable bonds is 7. The second-order valence-corrected chi connectivity index (χ2v) is 5.71. The number of terminal acetylenes is 1. The van der Waals surface area contributed by atoms with E-state index in [-0.39, 0.29) is 5.97 Å². The van der Waals surface area contributed by atoms with E-state index in [9.17, 15) is 9.90 Å². The number of aldehydes is 1. The minimum Gasteiger partial charge on any atom is -0.388 e. The molecule has 1 fully saturated rings. The molecule has 116 valence electrons. The average Bonchev–Trinajstić information content (AvgIpc) is 3.20. The van der Waals surface area contributed by atoms with E-state index in [1.54, 1.807) is 30.6 Å². The fraction of sp³-hybridized carbons (Fsp3) is 0.474.